The zero-order chi connectivity index (χ0) is 46.2. The van der Waals surface area contributed by atoms with Gasteiger partial charge in [0.25, 0.3) is 0 Å². The summed E-state index contributed by atoms with van der Waals surface area (Å²) in [6, 6.07) is 20.1. The largest absolute Gasteiger partial charge is 0.480 e. The molecule has 0 atom stereocenters. The molecular weight excluding hydrogens is 840 g/mol. The fourth-order valence-electron chi connectivity index (χ4n) is 6.70. The maximum Gasteiger partial charge on any atom is 0.325 e. The van der Waals surface area contributed by atoms with E-state index in [1.54, 1.807) is 72.8 Å². The number of carboxylic acids is 4. The summed E-state index contributed by atoms with van der Waals surface area (Å²) in [4.78, 5) is 97.8. The van der Waals surface area contributed by atoms with Gasteiger partial charge in [-0.05, 0) is 44.5 Å². The van der Waals surface area contributed by atoms with Gasteiger partial charge in [-0.2, -0.15) is 0 Å². The molecule has 0 radical (unpaired) electrons. The number of para-hydroxylation sites is 4. The lowest BCUT2D eigenvalue weighted by Crippen LogP contribution is -2.31. The van der Waals surface area contributed by atoms with Crippen LogP contribution in [0.3, 0.4) is 0 Å². The van der Waals surface area contributed by atoms with Crippen LogP contribution in [0.4, 0.5) is 0 Å². The molecule has 4 aromatic carbocycles. The van der Waals surface area contributed by atoms with Gasteiger partial charge in [0.05, 0.1) is 52.4 Å². The second kappa shape index (κ2) is 23.1. The van der Waals surface area contributed by atoms with E-state index in [9.17, 15) is 38.4 Å². The van der Waals surface area contributed by atoms with Crippen LogP contribution in [0, 0.1) is 0 Å². The first-order valence-electron chi connectivity index (χ1n) is 19.6. The average Bonchev–Trinajstić information content (AvgIpc) is 3.21. The highest BCUT2D eigenvalue weighted by atomic mass is 16.6. The number of hydrogen-bond acceptors (Lipinski definition) is 16. The number of rotatable bonds is 20. The highest BCUT2D eigenvalue weighted by molar-refractivity contribution is 5.80. The minimum atomic E-state index is -1.20. The predicted molar refractivity (Wildman–Crippen MR) is 222 cm³/mol. The van der Waals surface area contributed by atoms with Crippen molar-refractivity contribution in [3.63, 3.8) is 0 Å². The fourth-order valence-corrected chi connectivity index (χ4v) is 6.70. The SMILES string of the molecule is O=C(O)CNCC(=O)Oc1c2cccc1Cc1cccc(c1OC(=O)CNCC(=O)O)Cc1cccc(c1OC(=O)CNCC(=O)O)Cc1cccc(c1OC(=O)CNCC(=O)O)C2. The number of carboxylic acid groups (broad SMARTS) is 4. The van der Waals surface area contributed by atoms with Crippen molar-refractivity contribution in [3.8, 4) is 23.0 Å². The smallest absolute Gasteiger partial charge is 0.325 e. The maximum atomic E-state index is 13.3. The van der Waals surface area contributed by atoms with Gasteiger partial charge in [-0.15, -0.1) is 0 Å². The lowest BCUT2D eigenvalue weighted by atomic mass is 9.91. The number of fused-ring (bicyclic) bond motifs is 8. The molecule has 4 aromatic rings. The molecule has 20 nitrogen and oxygen atoms in total. The Balaban J connectivity index is 1.70. The quantitative estimate of drug-likeness (QED) is 0.0394. The first-order chi connectivity index (χ1) is 30.7. The van der Waals surface area contributed by atoms with Crippen LogP contribution < -0.4 is 40.2 Å². The molecule has 1 aliphatic rings. The Labute approximate surface area is 364 Å². The van der Waals surface area contributed by atoms with E-state index in [1.165, 1.54) is 0 Å². The molecule has 0 unspecified atom stereocenters. The Bertz CT molecular complexity index is 2020. The van der Waals surface area contributed by atoms with Crippen LogP contribution in [0.5, 0.6) is 23.0 Å². The Kier molecular flexibility index (Phi) is 17.1. The molecule has 0 aliphatic heterocycles. The summed E-state index contributed by atoms with van der Waals surface area (Å²) in [5.74, 6) is -7.86. The highest BCUT2D eigenvalue weighted by Crippen LogP contribution is 2.39. The van der Waals surface area contributed by atoms with Crippen molar-refractivity contribution < 1.29 is 77.7 Å². The van der Waals surface area contributed by atoms with Crippen LogP contribution in [0.15, 0.2) is 72.8 Å². The van der Waals surface area contributed by atoms with E-state index in [1.807, 2.05) is 0 Å². The van der Waals surface area contributed by atoms with Crippen LogP contribution in [-0.2, 0) is 64.0 Å². The Morgan fingerprint density at radius 3 is 0.656 bits per heavy atom. The standard InChI is InChI=1S/C44H44N4O16/c49-33(50)17-45-21-37(57)61-41-25-5-1-6-26(41)14-28-8-3-10-30(43(28)63-39(59)23-47-19-35(53)54)16-32-12-4-11-31(44(32)64-40(60)24-48-20-36(55)56)15-29-9-2-7-27(13-25)42(29)62-38(58)22-46-18-34(51)52/h1-12,45-48H,13-24H2,(H,49,50)(H,51,52)(H,53,54)(H,55,56). The van der Waals surface area contributed by atoms with E-state index in [-0.39, 0.29) is 48.7 Å². The number of aliphatic carboxylic acids is 4. The molecular formula is C44H44N4O16. The molecule has 0 amide bonds. The molecule has 0 saturated heterocycles. The van der Waals surface area contributed by atoms with Crippen LogP contribution in [-0.4, -0.2) is 121 Å². The van der Waals surface area contributed by atoms with E-state index in [2.05, 4.69) is 21.3 Å². The summed E-state index contributed by atoms with van der Waals surface area (Å²) < 4.78 is 23.8. The minimum Gasteiger partial charge on any atom is -0.480 e. The molecule has 1 aliphatic carbocycles. The van der Waals surface area contributed by atoms with E-state index < -0.39 is 100 Å². The first-order valence-corrected chi connectivity index (χ1v) is 19.6. The van der Waals surface area contributed by atoms with Crippen molar-refractivity contribution >= 4 is 47.8 Å². The van der Waals surface area contributed by atoms with Gasteiger partial charge < -0.3 is 39.4 Å². The van der Waals surface area contributed by atoms with Gasteiger partial charge in [-0.1, -0.05) is 72.8 Å². The summed E-state index contributed by atoms with van der Waals surface area (Å²) >= 11 is 0. The monoisotopic (exact) mass is 884 g/mol. The summed E-state index contributed by atoms with van der Waals surface area (Å²) in [5.41, 5.74) is 3.28. The van der Waals surface area contributed by atoms with Gasteiger partial charge in [-0.3, -0.25) is 59.6 Å². The van der Waals surface area contributed by atoms with Gasteiger partial charge >= 0.3 is 47.8 Å². The zero-order valence-corrected chi connectivity index (χ0v) is 34.1. The van der Waals surface area contributed by atoms with E-state index in [0.29, 0.717) is 44.5 Å². The van der Waals surface area contributed by atoms with Crippen molar-refractivity contribution in [1.29, 1.82) is 0 Å². The molecule has 0 heterocycles. The molecule has 0 fully saturated rings. The summed E-state index contributed by atoms with van der Waals surface area (Å²) in [5, 5.41) is 46.4. The van der Waals surface area contributed by atoms with Gasteiger partial charge in [0.1, 0.15) is 23.0 Å². The van der Waals surface area contributed by atoms with Crippen molar-refractivity contribution in [2.24, 2.45) is 0 Å². The highest BCUT2D eigenvalue weighted by Gasteiger charge is 2.25. The Morgan fingerprint density at radius 1 is 0.328 bits per heavy atom. The number of ether oxygens (including phenoxy) is 4. The number of nitrogens with one attached hydrogen (secondary N) is 4. The predicted octanol–water partition coefficient (Wildman–Crippen LogP) is 0.682. The topological polar surface area (TPSA) is 303 Å². The van der Waals surface area contributed by atoms with E-state index in [0.717, 1.165) is 0 Å². The number of carbonyl (C=O) groups excluding carboxylic acids is 4. The third kappa shape index (κ3) is 14.3. The molecule has 20 heteroatoms. The Morgan fingerprint density at radius 2 is 0.500 bits per heavy atom. The molecule has 8 N–H and O–H groups in total. The summed E-state index contributed by atoms with van der Waals surface area (Å²) in [7, 11) is 0. The molecule has 0 spiro atoms. The van der Waals surface area contributed by atoms with Crippen LogP contribution in [0.1, 0.15) is 44.5 Å². The second-order valence-corrected chi connectivity index (χ2v) is 14.2. The average molecular weight is 885 g/mol. The number of benzene rings is 4. The molecule has 8 bridgehead atoms. The second-order valence-electron chi connectivity index (χ2n) is 14.2. The number of hydrogen-bond donors (Lipinski definition) is 8. The lowest BCUT2D eigenvalue weighted by molar-refractivity contribution is -0.138. The molecule has 64 heavy (non-hydrogen) atoms. The van der Waals surface area contributed by atoms with Gasteiger partial charge in [0.15, 0.2) is 0 Å². The fraction of sp³-hybridized carbons (Fsp3) is 0.273. The molecule has 0 saturated carbocycles. The van der Waals surface area contributed by atoms with Crippen LogP contribution in [0.2, 0.25) is 0 Å². The van der Waals surface area contributed by atoms with Crippen molar-refractivity contribution in [1.82, 2.24) is 21.3 Å². The van der Waals surface area contributed by atoms with E-state index in [4.69, 9.17) is 39.4 Å². The van der Waals surface area contributed by atoms with Crippen molar-refractivity contribution in [2.45, 2.75) is 25.7 Å². The van der Waals surface area contributed by atoms with Crippen molar-refractivity contribution in [2.75, 3.05) is 52.4 Å². The third-order valence-corrected chi connectivity index (χ3v) is 9.28. The summed E-state index contributed by atoms with van der Waals surface area (Å²) in [6.07, 6.45) is -0.142. The summed E-state index contributed by atoms with van der Waals surface area (Å²) in [6.45, 7) is -4.04. The van der Waals surface area contributed by atoms with Crippen molar-refractivity contribution in [3.05, 3.63) is 117 Å². The van der Waals surface area contributed by atoms with Gasteiger partial charge in [0.2, 0.25) is 0 Å². The molecule has 336 valence electrons. The van der Waals surface area contributed by atoms with Crippen LogP contribution in [0.25, 0.3) is 0 Å². The molecule has 0 aromatic heterocycles. The van der Waals surface area contributed by atoms with Crippen LogP contribution >= 0.6 is 0 Å². The Hall–Kier alpha value is -7.52. The van der Waals surface area contributed by atoms with E-state index >= 15 is 0 Å². The van der Waals surface area contributed by atoms with Gasteiger partial charge in [0, 0.05) is 25.7 Å². The first kappa shape index (κ1) is 47.5. The third-order valence-electron chi connectivity index (χ3n) is 9.28. The number of carbonyl (C=O) groups is 8. The van der Waals surface area contributed by atoms with Gasteiger partial charge in [-0.25, -0.2) is 0 Å². The zero-order valence-electron chi connectivity index (χ0n) is 34.1. The maximum absolute atomic E-state index is 13.3. The number of esters is 4. The minimum absolute atomic E-state index is 0.0354. The molecule has 5 rings (SSSR count). The normalized spacial score (nSPS) is 11.8. The lowest BCUT2D eigenvalue weighted by Gasteiger charge is -2.21.